The minimum absolute atomic E-state index is 0.0869. The smallest absolute Gasteiger partial charge is 0.354 e. The summed E-state index contributed by atoms with van der Waals surface area (Å²) in [4.78, 5) is 26.7. The van der Waals surface area contributed by atoms with Crippen LogP contribution in [0, 0.1) is 11.8 Å². The predicted molar refractivity (Wildman–Crippen MR) is 113 cm³/mol. The molecule has 1 unspecified atom stereocenters. The SMILES string of the molecule is CCN1C(n2c(C(=O)O)c(Cl)c3ccccc32)C[C@@H](C2CCCCC2)[C@H]1C(N)=O. The molecule has 3 N–H and O–H groups in total. The van der Waals surface area contributed by atoms with Gasteiger partial charge in [0, 0.05) is 5.39 Å². The number of carboxylic acids is 1. The van der Waals surface area contributed by atoms with Gasteiger partial charge in [-0.15, -0.1) is 0 Å². The van der Waals surface area contributed by atoms with Crippen LogP contribution >= 0.6 is 11.6 Å². The van der Waals surface area contributed by atoms with E-state index in [1.165, 1.54) is 19.3 Å². The minimum atomic E-state index is -1.06. The van der Waals surface area contributed by atoms with Gasteiger partial charge in [-0.05, 0) is 30.9 Å². The first kappa shape index (κ1) is 20.2. The summed E-state index contributed by atoms with van der Waals surface area (Å²) in [5, 5.41) is 10.9. The topological polar surface area (TPSA) is 88.6 Å². The molecule has 156 valence electrons. The predicted octanol–water partition coefficient (Wildman–Crippen LogP) is 4.27. The fourth-order valence-electron chi connectivity index (χ4n) is 5.72. The van der Waals surface area contributed by atoms with Crippen LogP contribution in [-0.4, -0.2) is 39.0 Å². The standard InChI is InChI=1S/C22H28ClN3O3/c1-2-25-17(12-15(19(25)21(24)27)13-8-4-3-5-9-13)26-16-11-7-6-10-14(16)18(23)20(26)22(28)29/h6-7,10-11,13,15,17,19H,2-5,8-9,12H2,1H3,(H2,24,27)(H,28,29)/t15-,17?,19-/m0/s1. The molecule has 0 radical (unpaired) electrons. The Labute approximate surface area is 175 Å². The maximum Gasteiger partial charge on any atom is 0.354 e. The summed E-state index contributed by atoms with van der Waals surface area (Å²) in [7, 11) is 0. The van der Waals surface area contributed by atoms with E-state index in [0.717, 1.165) is 23.7 Å². The number of nitrogens with zero attached hydrogens (tertiary/aromatic N) is 2. The number of halogens is 1. The molecule has 2 aromatic rings. The third-order valence-corrected chi connectivity index (χ3v) is 7.27. The van der Waals surface area contributed by atoms with Crippen molar-refractivity contribution in [3.63, 3.8) is 0 Å². The molecule has 29 heavy (non-hydrogen) atoms. The average Bonchev–Trinajstić information content (AvgIpc) is 3.24. The van der Waals surface area contributed by atoms with E-state index in [9.17, 15) is 14.7 Å². The number of rotatable bonds is 5. The van der Waals surface area contributed by atoms with Gasteiger partial charge in [-0.2, -0.15) is 0 Å². The zero-order chi connectivity index (χ0) is 20.7. The normalized spacial score (nSPS) is 26.2. The van der Waals surface area contributed by atoms with Crippen molar-refractivity contribution in [3.8, 4) is 0 Å². The van der Waals surface area contributed by atoms with Crippen LogP contribution in [0.1, 0.15) is 62.1 Å². The molecule has 2 fully saturated rings. The summed E-state index contributed by atoms with van der Waals surface area (Å²) < 4.78 is 1.82. The molecule has 1 aromatic carbocycles. The summed E-state index contributed by atoms with van der Waals surface area (Å²) in [5.41, 5.74) is 6.75. The highest BCUT2D eigenvalue weighted by molar-refractivity contribution is 6.38. The lowest BCUT2D eigenvalue weighted by Gasteiger charge is -2.33. The molecule has 7 heteroatoms. The number of nitrogens with two attached hydrogens (primary N) is 1. The number of amides is 1. The third-order valence-electron chi connectivity index (χ3n) is 6.89. The van der Waals surface area contributed by atoms with Crippen molar-refractivity contribution in [1.82, 2.24) is 9.47 Å². The van der Waals surface area contributed by atoms with Crippen LogP contribution in [0.4, 0.5) is 0 Å². The Balaban J connectivity index is 1.85. The number of hydrogen-bond donors (Lipinski definition) is 2. The van der Waals surface area contributed by atoms with Gasteiger partial charge in [-0.25, -0.2) is 4.79 Å². The Kier molecular flexibility index (Phi) is 5.58. The number of benzene rings is 1. The number of aromatic nitrogens is 1. The van der Waals surface area contributed by atoms with E-state index in [0.29, 0.717) is 18.9 Å². The van der Waals surface area contributed by atoms with Crippen LogP contribution in [-0.2, 0) is 4.79 Å². The van der Waals surface area contributed by atoms with Crippen LogP contribution < -0.4 is 5.73 Å². The summed E-state index contributed by atoms with van der Waals surface area (Å²) in [6.45, 7) is 2.62. The van der Waals surface area contributed by atoms with E-state index < -0.39 is 5.97 Å². The first-order valence-electron chi connectivity index (χ1n) is 10.5. The van der Waals surface area contributed by atoms with Gasteiger partial charge in [-0.1, -0.05) is 68.8 Å². The molecule has 1 aliphatic heterocycles. The Morgan fingerprint density at radius 1 is 1.21 bits per heavy atom. The molecule has 2 heterocycles. The first-order chi connectivity index (χ1) is 14.0. The number of aromatic carboxylic acids is 1. The van der Waals surface area contributed by atoms with Crippen molar-refractivity contribution >= 4 is 34.4 Å². The van der Waals surface area contributed by atoms with Crippen LogP contribution in [0.2, 0.25) is 5.02 Å². The molecule has 1 aliphatic carbocycles. The molecule has 2 aliphatic rings. The number of carbonyl (C=O) groups excluding carboxylic acids is 1. The summed E-state index contributed by atoms with van der Waals surface area (Å²) in [6.07, 6.45) is 6.28. The first-order valence-corrected chi connectivity index (χ1v) is 10.9. The second kappa shape index (κ2) is 8.00. The molecular formula is C22H28ClN3O3. The number of fused-ring (bicyclic) bond motifs is 1. The molecule has 0 spiro atoms. The van der Waals surface area contributed by atoms with Crippen molar-refractivity contribution in [3.05, 3.63) is 35.0 Å². The lowest BCUT2D eigenvalue weighted by molar-refractivity contribution is -0.124. The Hall–Kier alpha value is -2.05. The van der Waals surface area contributed by atoms with Gasteiger partial charge >= 0.3 is 5.97 Å². The Morgan fingerprint density at radius 2 is 1.90 bits per heavy atom. The van der Waals surface area contributed by atoms with Gasteiger partial charge in [0.1, 0.15) is 5.69 Å². The lowest BCUT2D eigenvalue weighted by atomic mass is 9.76. The zero-order valence-electron chi connectivity index (χ0n) is 16.7. The highest BCUT2D eigenvalue weighted by Gasteiger charge is 2.48. The van der Waals surface area contributed by atoms with E-state index in [4.69, 9.17) is 17.3 Å². The third kappa shape index (κ3) is 3.32. The minimum Gasteiger partial charge on any atom is -0.477 e. The van der Waals surface area contributed by atoms with Crippen molar-refractivity contribution in [2.75, 3.05) is 6.54 Å². The van der Waals surface area contributed by atoms with Crippen LogP contribution in [0.25, 0.3) is 10.9 Å². The van der Waals surface area contributed by atoms with Crippen molar-refractivity contribution in [2.45, 2.75) is 57.7 Å². The van der Waals surface area contributed by atoms with Crippen LogP contribution in [0.3, 0.4) is 0 Å². The van der Waals surface area contributed by atoms with Gasteiger partial charge < -0.3 is 15.4 Å². The molecule has 6 nitrogen and oxygen atoms in total. The number of likely N-dealkylation sites (N-methyl/N-ethyl adjacent to an activating group) is 1. The second-order valence-electron chi connectivity index (χ2n) is 8.31. The second-order valence-corrected chi connectivity index (χ2v) is 8.69. The number of carboxylic acid groups (broad SMARTS) is 1. The number of para-hydroxylation sites is 1. The fourth-order valence-corrected chi connectivity index (χ4v) is 6.05. The molecule has 1 aromatic heterocycles. The number of likely N-dealkylation sites (tertiary alicyclic amines) is 1. The van der Waals surface area contributed by atoms with E-state index in [2.05, 4.69) is 4.90 Å². The molecule has 1 amide bonds. The average molecular weight is 418 g/mol. The van der Waals surface area contributed by atoms with E-state index in [1.54, 1.807) is 0 Å². The molecule has 1 saturated carbocycles. The molecule has 3 atom stereocenters. The lowest BCUT2D eigenvalue weighted by Crippen LogP contribution is -2.46. The highest BCUT2D eigenvalue weighted by Crippen LogP contribution is 2.47. The maximum absolute atomic E-state index is 12.5. The molecule has 1 saturated heterocycles. The number of hydrogen-bond acceptors (Lipinski definition) is 3. The summed E-state index contributed by atoms with van der Waals surface area (Å²) in [6, 6.07) is 7.10. The van der Waals surface area contributed by atoms with E-state index in [1.807, 2.05) is 35.8 Å². The molecule has 0 bridgehead atoms. The maximum atomic E-state index is 12.5. The zero-order valence-corrected chi connectivity index (χ0v) is 17.4. The highest BCUT2D eigenvalue weighted by atomic mass is 35.5. The number of primary amides is 1. The van der Waals surface area contributed by atoms with Gasteiger partial charge in [0.2, 0.25) is 5.91 Å². The van der Waals surface area contributed by atoms with Gasteiger partial charge in [0.15, 0.2) is 0 Å². The van der Waals surface area contributed by atoms with Crippen LogP contribution in [0.5, 0.6) is 0 Å². The van der Waals surface area contributed by atoms with Crippen molar-refractivity contribution in [2.24, 2.45) is 17.6 Å². The van der Waals surface area contributed by atoms with Crippen molar-refractivity contribution in [1.29, 1.82) is 0 Å². The Morgan fingerprint density at radius 3 is 2.52 bits per heavy atom. The molecule has 4 rings (SSSR count). The van der Waals surface area contributed by atoms with Crippen LogP contribution in [0.15, 0.2) is 24.3 Å². The quantitative estimate of drug-likeness (QED) is 0.760. The van der Waals surface area contributed by atoms with E-state index >= 15 is 0 Å². The monoisotopic (exact) mass is 417 g/mol. The fraction of sp³-hybridized carbons (Fsp3) is 0.545. The Bertz CT molecular complexity index is 935. The molecular weight excluding hydrogens is 390 g/mol. The van der Waals surface area contributed by atoms with Crippen molar-refractivity contribution < 1.29 is 14.7 Å². The summed E-state index contributed by atoms with van der Waals surface area (Å²) >= 11 is 6.50. The van der Waals surface area contributed by atoms with E-state index in [-0.39, 0.29) is 34.7 Å². The van der Waals surface area contributed by atoms with Gasteiger partial charge in [0.25, 0.3) is 0 Å². The van der Waals surface area contributed by atoms with Gasteiger partial charge in [0.05, 0.1) is 22.7 Å². The number of carbonyl (C=O) groups is 2. The largest absolute Gasteiger partial charge is 0.477 e. The van der Waals surface area contributed by atoms with Gasteiger partial charge in [-0.3, -0.25) is 9.69 Å². The summed E-state index contributed by atoms with van der Waals surface area (Å²) in [5.74, 6) is -0.784.